The van der Waals surface area contributed by atoms with E-state index in [1.165, 1.54) is 0 Å². The summed E-state index contributed by atoms with van der Waals surface area (Å²) in [5, 5.41) is 10.1. The molecule has 96 valence electrons. The average Bonchev–Trinajstić information content (AvgIpc) is 2.29. The van der Waals surface area contributed by atoms with Crippen LogP contribution in [0.3, 0.4) is 0 Å². The Hall–Kier alpha value is -1.52. The van der Waals surface area contributed by atoms with Crippen LogP contribution in [0.2, 0.25) is 0 Å². The molecule has 2 unspecified atom stereocenters. The van der Waals surface area contributed by atoms with E-state index in [0.29, 0.717) is 0 Å². The van der Waals surface area contributed by atoms with Gasteiger partial charge < -0.3 is 5.11 Å². The molecule has 1 rings (SSSR count). The second-order valence-electron chi connectivity index (χ2n) is 5.50. The van der Waals surface area contributed by atoms with Crippen LogP contribution in [0.4, 0.5) is 0 Å². The number of hydrogen-bond acceptors (Lipinski definition) is 1. The second-order valence-corrected chi connectivity index (χ2v) is 5.50. The van der Waals surface area contributed by atoms with Crippen molar-refractivity contribution in [2.24, 2.45) is 11.3 Å². The van der Waals surface area contributed by atoms with Gasteiger partial charge in [-0.25, -0.2) is 0 Å². The number of rotatable bonds is 2. The summed E-state index contributed by atoms with van der Waals surface area (Å²) in [5.74, 6) is 6.28. The van der Waals surface area contributed by atoms with Gasteiger partial charge in [0, 0.05) is 5.56 Å². The quantitative estimate of drug-likeness (QED) is 0.620. The van der Waals surface area contributed by atoms with Gasteiger partial charge in [-0.15, -0.1) is 0 Å². The molecule has 0 amide bonds. The molecule has 1 heteroatoms. The van der Waals surface area contributed by atoms with E-state index in [4.69, 9.17) is 0 Å². The maximum absolute atomic E-state index is 10.1. The number of aliphatic hydroxyl groups is 1. The normalized spacial score (nSPS) is 14.9. The molecule has 0 radical (unpaired) electrons. The molecule has 0 aliphatic heterocycles. The molecular weight excluding hydrogens is 220 g/mol. The van der Waals surface area contributed by atoms with Gasteiger partial charge >= 0.3 is 0 Å². The van der Waals surface area contributed by atoms with E-state index in [9.17, 15) is 5.11 Å². The molecule has 1 N–H and O–H groups in total. The zero-order valence-corrected chi connectivity index (χ0v) is 11.6. The molecular formula is C17H22O. The third kappa shape index (κ3) is 4.39. The second kappa shape index (κ2) is 6.42. The first-order chi connectivity index (χ1) is 8.45. The van der Waals surface area contributed by atoms with Crippen LogP contribution in [0.15, 0.2) is 42.5 Å². The summed E-state index contributed by atoms with van der Waals surface area (Å²) in [5.41, 5.74) is 0.931. The minimum Gasteiger partial charge on any atom is -0.388 e. The van der Waals surface area contributed by atoms with Gasteiger partial charge in [-0.2, -0.15) is 0 Å². The summed E-state index contributed by atoms with van der Waals surface area (Å²) in [6.45, 7) is 8.21. The van der Waals surface area contributed by atoms with Crippen molar-refractivity contribution in [1.29, 1.82) is 0 Å². The highest BCUT2D eigenvalue weighted by Crippen LogP contribution is 2.28. The lowest BCUT2D eigenvalue weighted by atomic mass is 9.77. The largest absolute Gasteiger partial charge is 0.388 e. The van der Waals surface area contributed by atoms with Crippen LogP contribution in [0, 0.1) is 23.2 Å². The maximum atomic E-state index is 10.1. The Morgan fingerprint density at radius 3 is 2.28 bits per heavy atom. The number of allylic oxidation sites excluding steroid dienone is 1. The molecule has 0 saturated heterocycles. The van der Waals surface area contributed by atoms with Crippen LogP contribution in [0.5, 0.6) is 0 Å². The van der Waals surface area contributed by atoms with E-state index < -0.39 is 6.10 Å². The average molecular weight is 242 g/mol. The lowest BCUT2D eigenvalue weighted by molar-refractivity contribution is 0.114. The molecule has 0 spiro atoms. The van der Waals surface area contributed by atoms with E-state index in [1.54, 1.807) is 6.08 Å². The van der Waals surface area contributed by atoms with Crippen molar-refractivity contribution in [3.05, 3.63) is 48.0 Å². The SMILES string of the molecule is C/C=C/C(O)C(C#Cc1ccccc1)C(C)(C)C. The summed E-state index contributed by atoms with van der Waals surface area (Å²) >= 11 is 0. The lowest BCUT2D eigenvalue weighted by Gasteiger charge is -2.29. The van der Waals surface area contributed by atoms with Gasteiger partial charge in [0.2, 0.25) is 0 Å². The third-order valence-electron chi connectivity index (χ3n) is 2.81. The van der Waals surface area contributed by atoms with Crippen molar-refractivity contribution in [3.8, 4) is 11.8 Å². The first kappa shape index (κ1) is 14.5. The van der Waals surface area contributed by atoms with Crippen LogP contribution in [-0.2, 0) is 0 Å². The minimum atomic E-state index is -0.522. The van der Waals surface area contributed by atoms with Gasteiger partial charge in [-0.3, -0.25) is 0 Å². The molecule has 0 aliphatic carbocycles. The van der Waals surface area contributed by atoms with Gasteiger partial charge in [0.05, 0.1) is 12.0 Å². The molecule has 0 aliphatic rings. The standard InChI is InChI=1S/C17H22O/c1-5-9-16(18)15(17(2,3)4)13-12-14-10-7-6-8-11-14/h5-11,15-16,18H,1-4H3/b9-5+. The Morgan fingerprint density at radius 2 is 1.78 bits per heavy atom. The molecule has 18 heavy (non-hydrogen) atoms. The van der Waals surface area contributed by atoms with E-state index in [2.05, 4.69) is 32.6 Å². The fraction of sp³-hybridized carbons (Fsp3) is 0.412. The van der Waals surface area contributed by atoms with Crippen molar-refractivity contribution < 1.29 is 5.11 Å². The molecule has 1 aromatic rings. The van der Waals surface area contributed by atoms with Crippen LogP contribution in [0.25, 0.3) is 0 Å². The first-order valence-electron chi connectivity index (χ1n) is 6.32. The van der Waals surface area contributed by atoms with E-state index in [-0.39, 0.29) is 11.3 Å². The molecule has 0 aromatic heterocycles. The highest BCUT2D eigenvalue weighted by atomic mass is 16.3. The zero-order chi connectivity index (χ0) is 13.6. The summed E-state index contributed by atoms with van der Waals surface area (Å²) in [4.78, 5) is 0. The van der Waals surface area contributed by atoms with E-state index in [0.717, 1.165) is 5.56 Å². The molecule has 0 fully saturated rings. The predicted molar refractivity (Wildman–Crippen MR) is 77.1 cm³/mol. The van der Waals surface area contributed by atoms with Crippen molar-refractivity contribution in [1.82, 2.24) is 0 Å². The molecule has 1 nitrogen and oxygen atoms in total. The fourth-order valence-corrected chi connectivity index (χ4v) is 1.81. The lowest BCUT2D eigenvalue weighted by Crippen LogP contribution is -2.29. The number of benzene rings is 1. The Morgan fingerprint density at radius 1 is 1.17 bits per heavy atom. The summed E-state index contributed by atoms with van der Waals surface area (Å²) in [6.07, 6.45) is 3.15. The Balaban J connectivity index is 2.97. The summed E-state index contributed by atoms with van der Waals surface area (Å²) < 4.78 is 0. The van der Waals surface area contributed by atoms with Gasteiger partial charge in [0.1, 0.15) is 0 Å². The van der Waals surface area contributed by atoms with Gasteiger partial charge in [0.25, 0.3) is 0 Å². The molecule has 2 atom stereocenters. The van der Waals surface area contributed by atoms with Crippen LogP contribution < -0.4 is 0 Å². The van der Waals surface area contributed by atoms with Crippen LogP contribution in [-0.4, -0.2) is 11.2 Å². The summed E-state index contributed by atoms with van der Waals surface area (Å²) in [7, 11) is 0. The molecule has 0 saturated carbocycles. The van der Waals surface area contributed by atoms with Gasteiger partial charge in [0.15, 0.2) is 0 Å². The van der Waals surface area contributed by atoms with Crippen molar-refractivity contribution in [3.63, 3.8) is 0 Å². The maximum Gasteiger partial charge on any atom is 0.0863 e. The van der Waals surface area contributed by atoms with Crippen LogP contribution >= 0.6 is 0 Å². The summed E-state index contributed by atoms with van der Waals surface area (Å²) in [6, 6.07) is 9.88. The predicted octanol–water partition coefficient (Wildman–Crippen LogP) is 3.64. The Kier molecular flexibility index (Phi) is 5.19. The third-order valence-corrected chi connectivity index (χ3v) is 2.81. The fourth-order valence-electron chi connectivity index (χ4n) is 1.81. The number of hydrogen-bond donors (Lipinski definition) is 1. The monoisotopic (exact) mass is 242 g/mol. The van der Waals surface area contributed by atoms with Crippen molar-refractivity contribution in [2.45, 2.75) is 33.8 Å². The van der Waals surface area contributed by atoms with Crippen molar-refractivity contribution >= 4 is 0 Å². The molecule has 0 heterocycles. The molecule has 0 bridgehead atoms. The zero-order valence-electron chi connectivity index (χ0n) is 11.6. The number of aliphatic hydroxyl groups excluding tert-OH is 1. The first-order valence-corrected chi connectivity index (χ1v) is 6.32. The van der Waals surface area contributed by atoms with Gasteiger partial charge in [-0.1, -0.05) is 63.0 Å². The van der Waals surface area contributed by atoms with E-state index >= 15 is 0 Å². The minimum absolute atomic E-state index is 0.0549. The van der Waals surface area contributed by atoms with Crippen molar-refractivity contribution in [2.75, 3.05) is 0 Å². The van der Waals surface area contributed by atoms with Crippen LogP contribution in [0.1, 0.15) is 33.3 Å². The topological polar surface area (TPSA) is 20.2 Å². The van der Waals surface area contributed by atoms with Gasteiger partial charge in [-0.05, 0) is 24.5 Å². The van der Waals surface area contributed by atoms with E-state index in [1.807, 2.05) is 43.3 Å². The Bertz CT molecular complexity index is 440. The Labute approximate surface area is 111 Å². The smallest absolute Gasteiger partial charge is 0.0863 e. The highest BCUT2D eigenvalue weighted by Gasteiger charge is 2.28. The highest BCUT2D eigenvalue weighted by molar-refractivity contribution is 5.35. The molecule has 1 aromatic carbocycles.